The maximum absolute atomic E-state index is 12.8. The molecular formula is C27H26NO3P. The van der Waals surface area contributed by atoms with Gasteiger partial charge in [-0.15, -0.1) is 0 Å². The summed E-state index contributed by atoms with van der Waals surface area (Å²) >= 11 is 0. The maximum atomic E-state index is 12.8. The second-order valence-electron chi connectivity index (χ2n) is 7.33. The van der Waals surface area contributed by atoms with Crippen molar-refractivity contribution in [2.45, 2.75) is 6.92 Å². The summed E-state index contributed by atoms with van der Waals surface area (Å²) in [6.45, 7) is 2.14. The molecule has 0 bridgehead atoms. The minimum Gasteiger partial charge on any atom is -0.466 e. The van der Waals surface area contributed by atoms with Crippen LogP contribution < -0.4 is 0 Å². The lowest BCUT2D eigenvalue weighted by Gasteiger charge is -2.33. The number of hydrogen-bond donors (Lipinski definition) is 0. The Labute approximate surface area is 189 Å². The normalized spacial score (nSPS) is 18.0. The molecule has 0 saturated heterocycles. The summed E-state index contributed by atoms with van der Waals surface area (Å²) in [5, 5.41) is 0.987. The van der Waals surface area contributed by atoms with Gasteiger partial charge in [-0.25, -0.2) is 4.99 Å². The van der Waals surface area contributed by atoms with Crippen molar-refractivity contribution in [3.8, 4) is 0 Å². The third kappa shape index (κ3) is 4.38. The molecule has 0 amide bonds. The zero-order valence-corrected chi connectivity index (χ0v) is 19.2. The predicted octanol–water partition coefficient (Wildman–Crippen LogP) is 5.85. The molecule has 1 aliphatic heterocycles. The fourth-order valence-electron chi connectivity index (χ4n) is 3.89. The first-order chi connectivity index (χ1) is 15.7. The lowest BCUT2D eigenvalue weighted by atomic mass is 10.1. The van der Waals surface area contributed by atoms with E-state index in [4.69, 9.17) is 14.3 Å². The molecule has 3 aromatic rings. The highest BCUT2D eigenvalue weighted by Crippen LogP contribution is 2.64. The molecule has 1 aliphatic rings. The Bertz CT molecular complexity index is 1200. The molecule has 3 aromatic carbocycles. The second kappa shape index (κ2) is 9.95. The van der Waals surface area contributed by atoms with Crippen molar-refractivity contribution in [3.05, 3.63) is 114 Å². The van der Waals surface area contributed by atoms with Crippen molar-refractivity contribution in [2.24, 2.45) is 4.99 Å². The van der Waals surface area contributed by atoms with Gasteiger partial charge in [-0.1, -0.05) is 91.0 Å². The van der Waals surface area contributed by atoms with Crippen LogP contribution in [-0.4, -0.2) is 37.0 Å². The van der Waals surface area contributed by atoms with Crippen LogP contribution in [0.5, 0.6) is 0 Å². The van der Waals surface area contributed by atoms with Crippen LogP contribution in [0.3, 0.4) is 0 Å². The van der Waals surface area contributed by atoms with Gasteiger partial charge in [0, 0.05) is 23.6 Å². The van der Waals surface area contributed by atoms with Gasteiger partial charge in [0.15, 0.2) is 0 Å². The summed E-state index contributed by atoms with van der Waals surface area (Å²) in [6, 6.07) is 30.2. The molecule has 162 valence electrons. The third-order valence-corrected chi connectivity index (χ3v) is 8.91. The summed E-state index contributed by atoms with van der Waals surface area (Å²) in [7, 11) is -0.987. The quantitative estimate of drug-likeness (QED) is 0.340. The summed E-state index contributed by atoms with van der Waals surface area (Å²) < 4.78 is 11.7. The number of hydrogen-bond acceptors (Lipinski definition) is 4. The number of carbonyl (C=O) groups is 1. The second-order valence-corrected chi connectivity index (χ2v) is 10.4. The summed E-state index contributed by atoms with van der Waals surface area (Å²) in [5.41, 5.74) is 4.62. The van der Waals surface area contributed by atoms with Gasteiger partial charge in [0.25, 0.3) is 0 Å². The van der Waals surface area contributed by atoms with Crippen molar-refractivity contribution in [1.29, 1.82) is 0 Å². The summed E-state index contributed by atoms with van der Waals surface area (Å²) in [4.78, 5) is 17.9. The zero-order valence-electron chi connectivity index (χ0n) is 18.3. The molecule has 0 radical (unpaired) electrons. The Morgan fingerprint density at radius 3 is 1.88 bits per heavy atom. The van der Waals surface area contributed by atoms with Crippen LogP contribution >= 0.6 is 7.11 Å². The molecule has 1 atom stereocenters. The molecule has 0 aliphatic carbocycles. The molecule has 32 heavy (non-hydrogen) atoms. The van der Waals surface area contributed by atoms with Crippen LogP contribution in [0.15, 0.2) is 102 Å². The summed E-state index contributed by atoms with van der Waals surface area (Å²) in [6.07, 6.45) is 2.21. The van der Waals surface area contributed by atoms with Gasteiger partial charge in [0.05, 0.1) is 31.0 Å². The van der Waals surface area contributed by atoms with Crippen LogP contribution in [0.2, 0.25) is 0 Å². The molecule has 1 unspecified atom stereocenters. The first-order valence-corrected chi connectivity index (χ1v) is 12.5. The number of allylic oxidation sites excluding steroid dienone is 1. The van der Waals surface area contributed by atoms with Crippen molar-refractivity contribution >= 4 is 29.5 Å². The van der Waals surface area contributed by atoms with Crippen LogP contribution in [0, 0.1) is 0 Å². The Morgan fingerprint density at radius 2 is 1.34 bits per heavy atom. The zero-order chi connectivity index (χ0) is 22.4. The number of aliphatic imine (C=N–C) groups is 1. The minimum atomic E-state index is -2.66. The van der Waals surface area contributed by atoms with E-state index in [9.17, 15) is 4.79 Å². The standard InChI is InChI=1S/C27H26NO3P/c1-3-31-26(29)20-32(30-2)25(22-15-9-5-10-16-22)19-24(21-13-7-4-8-14-21)28-27(32)23-17-11-6-12-18-23/h4-19H,3,20H2,1-2H3. The van der Waals surface area contributed by atoms with Gasteiger partial charge in [0.1, 0.15) is 0 Å². The van der Waals surface area contributed by atoms with Gasteiger partial charge in [-0.2, -0.15) is 0 Å². The number of benzene rings is 3. The number of rotatable bonds is 7. The van der Waals surface area contributed by atoms with Crippen LogP contribution in [0.4, 0.5) is 0 Å². The SMILES string of the molecule is CCOC(=O)CP1(OC)=C(c2ccccc2)N=C(c2ccccc2)C=C1c1ccccc1. The molecule has 0 spiro atoms. The van der Waals surface area contributed by atoms with E-state index < -0.39 is 7.11 Å². The van der Waals surface area contributed by atoms with Gasteiger partial charge in [-0.05, 0) is 18.6 Å². The van der Waals surface area contributed by atoms with Gasteiger partial charge < -0.3 is 9.26 Å². The Balaban J connectivity index is 2.06. The highest BCUT2D eigenvalue weighted by Gasteiger charge is 2.36. The average Bonchev–Trinajstić information content (AvgIpc) is 2.85. The van der Waals surface area contributed by atoms with E-state index in [1.54, 1.807) is 7.11 Å². The van der Waals surface area contributed by atoms with E-state index in [0.29, 0.717) is 6.61 Å². The Hall–Kier alpha value is -3.20. The first kappa shape index (κ1) is 22.0. The Morgan fingerprint density at radius 1 is 0.812 bits per heavy atom. The lowest BCUT2D eigenvalue weighted by molar-refractivity contribution is -0.140. The van der Waals surface area contributed by atoms with Crippen LogP contribution in [-0.2, 0) is 14.1 Å². The lowest BCUT2D eigenvalue weighted by Crippen LogP contribution is -2.20. The average molecular weight is 443 g/mol. The van der Waals surface area contributed by atoms with E-state index >= 15 is 0 Å². The van der Waals surface area contributed by atoms with Gasteiger partial charge in [0.2, 0.25) is 0 Å². The van der Waals surface area contributed by atoms with E-state index in [-0.39, 0.29) is 12.1 Å². The highest BCUT2D eigenvalue weighted by atomic mass is 31.2. The largest absolute Gasteiger partial charge is 0.466 e. The number of carbonyl (C=O) groups excluding carboxylic acids is 1. The van der Waals surface area contributed by atoms with Crippen molar-refractivity contribution in [1.82, 2.24) is 0 Å². The molecule has 5 heteroatoms. The summed E-state index contributed by atoms with van der Waals surface area (Å²) in [5.74, 6) is -0.281. The fourth-order valence-corrected chi connectivity index (χ4v) is 7.13. The molecule has 4 nitrogen and oxygen atoms in total. The fraction of sp³-hybridized carbons (Fsp3) is 0.148. The predicted molar refractivity (Wildman–Crippen MR) is 133 cm³/mol. The number of esters is 1. The van der Waals surface area contributed by atoms with E-state index in [2.05, 4.69) is 18.2 Å². The first-order valence-electron chi connectivity index (χ1n) is 10.6. The molecule has 1 heterocycles. The molecule has 0 aromatic heterocycles. The van der Waals surface area contributed by atoms with E-state index in [0.717, 1.165) is 33.1 Å². The third-order valence-electron chi connectivity index (χ3n) is 5.37. The molecule has 4 rings (SSSR count). The van der Waals surface area contributed by atoms with E-state index in [1.807, 2.05) is 85.8 Å². The van der Waals surface area contributed by atoms with Gasteiger partial charge in [-0.3, -0.25) is 4.79 Å². The molecular weight excluding hydrogens is 417 g/mol. The minimum absolute atomic E-state index is 0.133. The van der Waals surface area contributed by atoms with Crippen molar-refractivity contribution < 1.29 is 14.1 Å². The Kier molecular flexibility index (Phi) is 6.84. The van der Waals surface area contributed by atoms with E-state index in [1.165, 1.54) is 0 Å². The maximum Gasteiger partial charge on any atom is 0.312 e. The number of nitrogens with zero attached hydrogens (tertiary/aromatic N) is 1. The monoisotopic (exact) mass is 443 g/mol. The van der Waals surface area contributed by atoms with Gasteiger partial charge >= 0.3 is 5.97 Å². The topological polar surface area (TPSA) is 47.9 Å². The van der Waals surface area contributed by atoms with Crippen LogP contribution in [0.1, 0.15) is 23.6 Å². The number of ether oxygens (including phenoxy) is 1. The molecule has 0 saturated carbocycles. The molecule has 0 N–H and O–H groups in total. The van der Waals surface area contributed by atoms with Crippen molar-refractivity contribution in [2.75, 3.05) is 19.9 Å². The highest BCUT2D eigenvalue weighted by molar-refractivity contribution is 7.82. The molecule has 0 fully saturated rings. The van der Waals surface area contributed by atoms with Crippen molar-refractivity contribution in [3.63, 3.8) is 0 Å². The smallest absolute Gasteiger partial charge is 0.312 e. The van der Waals surface area contributed by atoms with Crippen LogP contribution in [0.25, 0.3) is 5.31 Å².